The monoisotopic (exact) mass is 329 g/mol. The van der Waals surface area contributed by atoms with Crippen molar-refractivity contribution < 1.29 is 19.4 Å². The number of aromatic nitrogens is 2. The number of ether oxygens (including phenoxy) is 1. The second kappa shape index (κ2) is 6.74. The summed E-state index contributed by atoms with van der Waals surface area (Å²) in [5.74, 6) is -1.11. The van der Waals surface area contributed by atoms with Gasteiger partial charge in [-0.05, 0) is 18.4 Å². The summed E-state index contributed by atoms with van der Waals surface area (Å²) in [5.41, 5.74) is 1.33. The second-order valence-corrected chi connectivity index (χ2v) is 5.85. The minimum absolute atomic E-state index is 0.0955. The molecule has 1 aromatic heterocycles. The Bertz CT molecular complexity index is 724. The van der Waals surface area contributed by atoms with E-state index in [1.807, 2.05) is 34.9 Å². The van der Waals surface area contributed by atoms with Gasteiger partial charge in [0.05, 0.1) is 18.2 Å². The molecule has 24 heavy (non-hydrogen) atoms. The first-order chi connectivity index (χ1) is 11.6. The number of carbonyl (C=O) groups excluding carboxylic acids is 1. The van der Waals surface area contributed by atoms with E-state index in [4.69, 9.17) is 4.74 Å². The van der Waals surface area contributed by atoms with Crippen LogP contribution in [0.25, 0.3) is 0 Å². The Morgan fingerprint density at radius 3 is 2.71 bits per heavy atom. The molecule has 7 heteroatoms. The third kappa shape index (κ3) is 3.40. The van der Waals surface area contributed by atoms with Gasteiger partial charge in [-0.3, -0.25) is 4.90 Å². The molecule has 0 bridgehead atoms. The third-order valence-electron chi connectivity index (χ3n) is 4.03. The van der Waals surface area contributed by atoms with E-state index < -0.39 is 18.1 Å². The van der Waals surface area contributed by atoms with Crippen LogP contribution in [0.5, 0.6) is 0 Å². The van der Waals surface area contributed by atoms with Crippen LogP contribution in [0.4, 0.5) is 4.79 Å². The molecule has 0 radical (unpaired) electrons. The highest BCUT2D eigenvalue weighted by atomic mass is 16.6. The predicted octanol–water partition coefficient (Wildman–Crippen LogP) is 2.61. The summed E-state index contributed by atoms with van der Waals surface area (Å²) >= 11 is 0. The first-order valence-corrected chi connectivity index (χ1v) is 7.76. The summed E-state index contributed by atoms with van der Waals surface area (Å²) in [7, 11) is 1.43. The molecule has 1 aliphatic rings. The molecule has 1 fully saturated rings. The largest absolute Gasteiger partial charge is 0.479 e. The van der Waals surface area contributed by atoms with Crippen LogP contribution in [-0.2, 0) is 16.1 Å². The molecular formula is C17H19N3O4. The standard InChI is InChI=1S/C17H19N3O4/c1-19(17(23)24-10-12-5-3-2-4-6-12)15(16(21)22)14-9-18-11-20(14)13-7-8-13/h2-6,9,11,13,15H,7-8,10H2,1H3,(H,21,22). The van der Waals surface area contributed by atoms with Gasteiger partial charge in [-0.25, -0.2) is 14.6 Å². The molecule has 1 unspecified atom stereocenters. The van der Waals surface area contributed by atoms with Crippen molar-refractivity contribution in [2.24, 2.45) is 0 Å². The van der Waals surface area contributed by atoms with Crippen molar-refractivity contribution in [1.82, 2.24) is 14.5 Å². The third-order valence-corrected chi connectivity index (χ3v) is 4.03. The lowest BCUT2D eigenvalue weighted by Crippen LogP contribution is -2.37. The quantitative estimate of drug-likeness (QED) is 0.880. The van der Waals surface area contributed by atoms with E-state index in [1.54, 1.807) is 6.33 Å². The molecule has 1 heterocycles. The summed E-state index contributed by atoms with van der Waals surface area (Å²) in [6.45, 7) is 0.0955. The molecule has 7 nitrogen and oxygen atoms in total. The van der Waals surface area contributed by atoms with Gasteiger partial charge in [0.1, 0.15) is 6.61 Å². The number of carboxylic acid groups (broad SMARTS) is 1. The van der Waals surface area contributed by atoms with E-state index in [0.717, 1.165) is 23.3 Å². The normalized spacial score (nSPS) is 14.9. The van der Waals surface area contributed by atoms with Crippen LogP contribution >= 0.6 is 0 Å². The number of hydrogen-bond acceptors (Lipinski definition) is 4. The minimum atomic E-state index is -1.13. The van der Waals surface area contributed by atoms with Crippen molar-refractivity contribution in [2.75, 3.05) is 7.05 Å². The predicted molar refractivity (Wildman–Crippen MR) is 85.3 cm³/mol. The van der Waals surface area contributed by atoms with Crippen LogP contribution in [0.2, 0.25) is 0 Å². The van der Waals surface area contributed by atoms with Crippen molar-refractivity contribution >= 4 is 12.1 Å². The molecule has 1 amide bonds. The Morgan fingerprint density at radius 1 is 1.38 bits per heavy atom. The fourth-order valence-electron chi connectivity index (χ4n) is 2.60. The molecule has 1 saturated carbocycles. The number of carbonyl (C=O) groups is 2. The fourth-order valence-corrected chi connectivity index (χ4v) is 2.60. The van der Waals surface area contributed by atoms with Gasteiger partial charge in [-0.2, -0.15) is 0 Å². The molecule has 1 aliphatic carbocycles. The fraction of sp³-hybridized carbons (Fsp3) is 0.353. The molecule has 0 spiro atoms. The van der Waals surface area contributed by atoms with Crippen LogP contribution in [-0.4, -0.2) is 38.7 Å². The van der Waals surface area contributed by atoms with Gasteiger partial charge < -0.3 is 14.4 Å². The van der Waals surface area contributed by atoms with Gasteiger partial charge in [0, 0.05) is 13.1 Å². The number of carboxylic acids is 1. The highest BCUT2D eigenvalue weighted by Crippen LogP contribution is 2.37. The molecule has 0 saturated heterocycles. The lowest BCUT2D eigenvalue weighted by Gasteiger charge is -2.25. The maximum Gasteiger partial charge on any atom is 0.410 e. The minimum Gasteiger partial charge on any atom is -0.479 e. The van der Waals surface area contributed by atoms with Crippen LogP contribution in [0.3, 0.4) is 0 Å². The Kier molecular flexibility index (Phi) is 4.50. The maximum atomic E-state index is 12.3. The number of rotatable bonds is 6. The van der Waals surface area contributed by atoms with E-state index >= 15 is 0 Å². The van der Waals surface area contributed by atoms with Gasteiger partial charge in [-0.1, -0.05) is 30.3 Å². The number of benzene rings is 1. The summed E-state index contributed by atoms with van der Waals surface area (Å²) in [6, 6.07) is 8.39. The van der Waals surface area contributed by atoms with Gasteiger partial charge in [-0.15, -0.1) is 0 Å². The zero-order valence-corrected chi connectivity index (χ0v) is 13.3. The topological polar surface area (TPSA) is 84.7 Å². The number of hydrogen-bond donors (Lipinski definition) is 1. The average molecular weight is 329 g/mol. The van der Waals surface area contributed by atoms with E-state index in [2.05, 4.69) is 4.98 Å². The lowest BCUT2D eigenvalue weighted by molar-refractivity contribution is -0.142. The number of nitrogens with zero attached hydrogens (tertiary/aromatic N) is 3. The molecule has 2 aromatic rings. The molecule has 1 atom stereocenters. The summed E-state index contributed by atoms with van der Waals surface area (Å²) < 4.78 is 7.06. The molecule has 1 aromatic carbocycles. The Labute approximate surface area is 139 Å². The zero-order chi connectivity index (χ0) is 17.1. The second-order valence-electron chi connectivity index (χ2n) is 5.85. The van der Waals surface area contributed by atoms with E-state index in [9.17, 15) is 14.7 Å². The molecule has 3 rings (SSSR count). The van der Waals surface area contributed by atoms with Crippen LogP contribution in [0, 0.1) is 0 Å². The van der Waals surface area contributed by atoms with Crippen LogP contribution < -0.4 is 0 Å². The van der Waals surface area contributed by atoms with Crippen molar-refractivity contribution in [3.63, 3.8) is 0 Å². The number of likely N-dealkylation sites (N-methyl/N-ethyl adjacent to an activating group) is 1. The maximum absolute atomic E-state index is 12.3. The highest BCUT2D eigenvalue weighted by molar-refractivity contribution is 5.80. The highest BCUT2D eigenvalue weighted by Gasteiger charge is 2.35. The Balaban J connectivity index is 1.72. The van der Waals surface area contributed by atoms with Gasteiger partial charge in [0.2, 0.25) is 0 Å². The zero-order valence-electron chi connectivity index (χ0n) is 13.3. The van der Waals surface area contributed by atoms with Crippen molar-refractivity contribution in [2.45, 2.75) is 31.5 Å². The van der Waals surface area contributed by atoms with Crippen LogP contribution in [0.15, 0.2) is 42.9 Å². The first kappa shape index (κ1) is 16.0. The van der Waals surface area contributed by atoms with Gasteiger partial charge in [0.15, 0.2) is 6.04 Å². The van der Waals surface area contributed by atoms with Crippen molar-refractivity contribution in [1.29, 1.82) is 0 Å². The smallest absolute Gasteiger partial charge is 0.410 e. The van der Waals surface area contributed by atoms with Gasteiger partial charge in [0.25, 0.3) is 0 Å². The van der Waals surface area contributed by atoms with Crippen LogP contribution in [0.1, 0.15) is 36.2 Å². The Morgan fingerprint density at radius 2 is 2.08 bits per heavy atom. The summed E-state index contributed by atoms with van der Waals surface area (Å²) in [4.78, 5) is 29.1. The first-order valence-electron chi connectivity index (χ1n) is 7.76. The molecule has 126 valence electrons. The van der Waals surface area contributed by atoms with E-state index in [-0.39, 0.29) is 12.6 Å². The summed E-state index contributed by atoms with van der Waals surface area (Å²) in [5, 5.41) is 9.59. The Hall–Kier alpha value is -2.83. The van der Waals surface area contributed by atoms with Gasteiger partial charge >= 0.3 is 12.1 Å². The number of amides is 1. The average Bonchev–Trinajstić information content (AvgIpc) is 3.32. The number of imidazole rings is 1. The number of aliphatic carboxylic acids is 1. The summed E-state index contributed by atoms with van der Waals surface area (Å²) in [6.07, 6.45) is 4.43. The lowest BCUT2D eigenvalue weighted by atomic mass is 10.2. The van der Waals surface area contributed by atoms with E-state index in [0.29, 0.717) is 5.69 Å². The SMILES string of the molecule is CN(C(=O)OCc1ccccc1)C(C(=O)O)c1cncn1C1CC1. The molecular weight excluding hydrogens is 310 g/mol. The van der Waals surface area contributed by atoms with Crippen molar-refractivity contribution in [3.05, 3.63) is 54.1 Å². The van der Waals surface area contributed by atoms with Crippen molar-refractivity contribution in [3.8, 4) is 0 Å². The van der Waals surface area contributed by atoms with E-state index in [1.165, 1.54) is 13.2 Å². The molecule has 0 aliphatic heterocycles. The molecule has 1 N–H and O–H groups in total.